The van der Waals surface area contributed by atoms with Crippen LogP contribution in [-0.4, -0.2) is 16.7 Å². The van der Waals surface area contributed by atoms with Crippen molar-refractivity contribution in [3.63, 3.8) is 0 Å². The first kappa shape index (κ1) is 12.3. The predicted octanol–water partition coefficient (Wildman–Crippen LogP) is 2.56. The molecule has 0 saturated heterocycles. The molecule has 0 amide bonds. The molecule has 0 spiro atoms. The van der Waals surface area contributed by atoms with E-state index in [1.165, 1.54) is 6.07 Å². The van der Waals surface area contributed by atoms with Crippen LogP contribution in [0.3, 0.4) is 0 Å². The first-order valence-corrected chi connectivity index (χ1v) is 6.45. The van der Waals surface area contributed by atoms with E-state index in [0.717, 1.165) is 24.8 Å². The van der Waals surface area contributed by atoms with Gasteiger partial charge in [-0.3, -0.25) is 0 Å². The topological polar surface area (TPSA) is 64.9 Å². The molecule has 3 rings (SSSR count). The van der Waals surface area contributed by atoms with E-state index >= 15 is 0 Å². The smallest absolute Gasteiger partial charge is 0.234 e. The molecule has 19 heavy (non-hydrogen) atoms. The zero-order chi connectivity index (χ0) is 13.5. The van der Waals surface area contributed by atoms with Crippen LogP contribution < -0.4 is 5.73 Å². The van der Waals surface area contributed by atoms with Crippen molar-refractivity contribution in [2.45, 2.75) is 31.6 Å². The van der Waals surface area contributed by atoms with Gasteiger partial charge in [-0.2, -0.15) is 4.98 Å². The van der Waals surface area contributed by atoms with E-state index in [4.69, 9.17) is 10.3 Å². The molecule has 2 aromatic rings. The van der Waals surface area contributed by atoms with Gasteiger partial charge in [0.2, 0.25) is 11.7 Å². The summed E-state index contributed by atoms with van der Waals surface area (Å²) < 4.78 is 18.6. The van der Waals surface area contributed by atoms with E-state index in [0.29, 0.717) is 23.8 Å². The van der Waals surface area contributed by atoms with Crippen LogP contribution in [0.1, 0.15) is 30.7 Å². The van der Waals surface area contributed by atoms with Gasteiger partial charge < -0.3 is 10.3 Å². The molecule has 5 heteroatoms. The highest BCUT2D eigenvalue weighted by Crippen LogP contribution is 2.42. The van der Waals surface area contributed by atoms with Crippen LogP contribution in [0.5, 0.6) is 0 Å². The average molecular weight is 261 g/mol. The zero-order valence-corrected chi connectivity index (χ0v) is 10.8. The lowest BCUT2D eigenvalue weighted by atomic mass is 9.69. The van der Waals surface area contributed by atoms with Crippen LogP contribution in [0, 0.1) is 12.7 Å². The standard InChI is InChI=1S/C14H16FN3O/c1-9-7-10(3-4-11(9)15)12-17-13(19-18-12)14(8-16)5-2-6-14/h3-4,7H,2,5-6,8,16H2,1H3. The van der Waals surface area contributed by atoms with E-state index in [2.05, 4.69) is 10.1 Å². The highest BCUT2D eigenvalue weighted by atomic mass is 19.1. The molecule has 0 bridgehead atoms. The molecule has 0 unspecified atom stereocenters. The fraction of sp³-hybridized carbons (Fsp3) is 0.429. The zero-order valence-electron chi connectivity index (χ0n) is 10.8. The molecule has 1 aliphatic rings. The maximum absolute atomic E-state index is 13.2. The van der Waals surface area contributed by atoms with Crippen molar-refractivity contribution in [2.24, 2.45) is 5.73 Å². The summed E-state index contributed by atoms with van der Waals surface area (Å²) >= 11 is 0. The van der Waals surface area contributed by atoms with Gasteiger partial charge in [0.05, 0.1) is 5.41 Å². The largest absolute Gasteiger partial charge is 0.338 e. The predicted molar refractivity (Wildman–Crippen MR) is 69.0 cm³/mol. The molecule has 4 nitrogen and oxygen atoms in total. The SMILES string of the molecule is Cc1cc(-c2noc(C3(CN)CCC3)n2)ccc1F. The summed E-state index contributed by atoms with van der Waals surface area (Å²) in [5.41, 5.74) is 7.01. The van der Waals surface area contributed by atoms with E-state index in [1.807, 2.05) is 0 Å². The Hall–Kier alpha value is -1.75. The molecule has 1 aromatic heterocycles. The summed E-state index contributed by atoms with van der Waals surface area (Å²) in [6, 6.07) is 4.80. The van der Waals surface area contributed by atoms with Crippen molar-refractivity contribution < 1.29 is 8.91 Å². The maximum Gasteiger partial charge on any atom is 0.234 e. The Morgan fingerprint density at radius 3 is 2.79 bits per heavy atom. The molecule has 100 valence electrons. The Balaban J connectivity index is 1.94. The first-order chi connectivity index (χ1) is 9.14. The monoisotopic (exact) mass is 261 g/mol. The molecule has 2 N–H and O–H groups in total. The minimum atomic E-state index is -0.232. The van der Waals surface area contributed by atoms with Crippen LogP contribution in [-0.2, 0) is 5.41 Å². The normalized spacial score (nSPS) is 17.2. The Labute approximate surface area is 110 Å². The Bertz CT molecular complexity index is 599. The lowest BCUT2D eigenvalue weighted by molar-refractivity contribution is 0.182. The Kier molecular flexibility index (Phi) is 2.86. The van der Waals surface area contributed by atoms with Crippen molar-refractivity contribution >= 4 is 0 Å². The number of hydrogen-bond acceptors (Lipinski definition) is 4. The third kappa shape index (κ3) is 1.94. The summed E-state index contributed by atoms with van der Waals surface area (Å²) in [5.74, 6) is 0.876. The van der Waals surface area contributed by atoms with Gasteiger partial charge in [0.15, 0.2) is 0 Å². The number of aryl methyl sites for hydroxylation is 1. The summed E-state index contributed by atoms with van der Waals surface area (Å²) in [6.45, 7) is 2.24. The first-order valence-electron chi connectivity index (χ1n) is 6.45. The maximum atomic E-state index is 13.2. The number of nitrogens with zero attached hydrogens (tertiary/aromatic N) is 2. The van der Waals surface area contributed by atoms with Gasteiger partial charge >= 0.3 is 0 Å². The average Bonchev–Trinajstić information content (AvgIpc) is 2.82. The summed E-state index contributed by atoms with van der Waals surface area (Å²) in [5, 5.41) is 3.99. The fourth-order valence-corrected chi connectivity index (χ4v) is 2.45. The van der Waals surface area contributed by atoms with Crippen LogP contribution in [0.4, 0.5) is 4.39 Å². The van der Waals surface area contributed by atoms with E-state index in [-0.39, 0.29) is 11.2 Å². The molecule has 1 fully saturated rings. The van der Waals surface area contributed by atoms with Crippen molar-refractivity contribution in [3.05, 3.63) is 35.5 Å². The second-order valence-electron chi connectivity index (χ2n) is 5.23. The van der Waals surface area contributed by atoms with Gasteiger partial charge in [-0.15, -0.1) is 0 Å². The third-order valence-corrected chi connectivity index (χ3v) is 4.00. The lowest BCUT2D eigenvalue weighted by Gasteiger charge is -2.36. The molecule has 1 aliphatic carbocycles. The molecule has 1 saturated carbocycles. The molecular formula is C14H16FN3O. The van der Waals surface area contributed by atoms with Crippen LogP contribution in [0.15, 0.2) is 22.7 Å². The number of rotatable bonds is 3. The fourth-order valence-electron chi connectivity index (χ4n) is 2.45. The number of benzene rings is 1. The van der Waals surface area contributed by atoms with Gasteiger partial charge in [0, 0.05) is 12.1 Å². The lowest BCUT2D eigenvalue weighted by Crippen LogP contribution is -2.41. The van der Waals surface area contributed by atoms with Gasteiger partial charge in [0.25, 0.3) is 0 Å². The number of nitrogens with two attached hydrogens (primary N) is 1. The Morgan fingerprint density at radius 1 is 1.42 bits per heavy atom. The van der Waals surface area contributed by atoms with Gasteiger partial charge in [-0.25, -0.2) is 4.39 Å². The summed E-state index contributed by atoms with van der Waals surface area (Å²) in [6.07, 6.45) is 3.13. The van der Waals surface area contributed by atoms with Crippen molar-refractivity contribution in [1.82, 2.24) is 10.1 Å². The highest BCUT2D eigenvalue weighted by Gasteiger charge is 2.42. The summed E-state index contributed by atoms with van der Waals surface area (Å²) in [4.78, 5) is 4.44. The second-order valence-corrected chi connectivity index (χ2v) is 5.23. The van der Waals surface area contributed by atoms with E-state index < -0.39 is 0 Å². The van der Waals surface area contributed by atoms with Crippen molar-refractivity contribution in [3.8, 4) is 11.4 Å². The van der Waals surface area contributed by atoms with Crippen molar-refractivity contribution in [1.29, 1.82) is 0 Å². The molecular weight excluding hydrogens is 245 g/mol. The number of hydrogen-bond donors (Lipinski definition) is 1. The van der Waals surface area contributed by atoms with Gasteiger partial charge in [-0.05, 0) is 43.5 Å². The van der Waals surface area contributed by atoms with E-state index in [1.54, 1.807) is 19.1 Å². The Morgan fingerprint density at radius 2 is 2.21 bits per heavy atom. The molecule has 0 aliphatic heterocycles. The molecule has 0 radical (unpaired) electrons. The van der Waals surface area contributed by atoms with Crippen LogP contribution in [0.2, 0.25) is 0 Å². The summed E-state index contributed by atoms with van der Waals surface area (Å²) in [7, 11) is 0. The minimum Gasteiger partial charge on any atom is -0.338 e. The third-order valence-electron chi connectivity index (χ3n) is 4.00. The van der Waals surface area contributed by atoms with Crippen LogP contribution >= 0.6 is 0 Å². The number of aromatic nitrogens is 2. The quantitative estimate of drug-likeness (QED) is 0.922. The minimum absolute atomic E-state index is 0.139. The second kappa shape index (κ2) is 4.42. The van der Waals surface area contributed by atoms with Crippen molar-refractivity contribution in [2.75, 3.05) is 6.54 Å². The van der Waals surface area contributed by atoms with Gasteiger partial charge in [-0.1, -0.05) is 11.6 Å². The number of halogens is 1. The molecule has 1 heterocycles. The highest BCUT2D eigenvalue weighted by molar-refractivity contribution is 5.55. The molecule has 1 aromatic carbocycles. The molecule has 0 atom stereocenters. The van der Waals surface area contributed by atoms with Crippen LogP contribution in [0.25, 0.3) is 11.4 Å². The van der Waals surface area contributed by atoms with E-state index in [9.17, 15) is 4.39 Å². The van der Waals surface area contributed by atoms with Gasteiger partial charge in [0.1, 0.15) is 5.82 Å².